The number of para-hydroxylation sites is 1. The molecular formula is C32H33N3O4. The van der Waals surface area contributed by atoms with Crippen molar-refractivity contribution in [1.29, 1.82) is 0 Å². The van der Waals surface area contributed by atoms with Gasteiger partial charge in [-0.05, 0) is 56.4 Å². The third-order valence-electron chi connectivity index (χ3n) is 7.24. The molecular weight excluding hydrogens is 490 g/mol. The highest BCUT2D eigenvalue weighted by Crippen LogP contribution is 2.42. The number of aryl methyl sites for hydroxylation is 2. The monoisotopic (exact) mass is 523 g/mol. The quantitative estimate of drug-likeness (QED) is 0.199. The van der Waals surface area contributed by atoms with Gasteiger partial charge in [0.25, 0.3) is 11.7 Å². The second-order valence-corrected chi connectivity index (χ2v) is 10.3. The summed E-state index contributed by atoms with van der Waals surface area (Å²) in [7, 11) is 5.79. The first-order chi connectivity index (χ1) is 18.8. The van der Waals surface area contributed by atoms with Crippen LogP contribution in [0.2, 0.25) is 0 Å². The minimum absolute atomic E-state index is 0.104. The summed E-state index contributed by atoms with van der Waals surface area (Å²) in [6.07, 6.45) is 1.95. The summed E-state index contributed by atoms with van der Waals surface area (Å²) in [5, 5.41) is 12.5. The fraction of sp³-hybridized carbons (Fsp3) is 0.250. The van der Waals surface area contributed by atoms with Gasteiger partial charge < -0.3 is 24.2 Å². The van der Waals surface area contributed by atoms with E-state index in [-0.39, 0.29) is 11.3 Å². The number of benzene rings is 3. The van der Waals surface area contributed by atoms with E-state index in [0.29, 0.717) is 31.0 Å². The SMILES string of the molecule is Cc1cc(/C(O)=C2\C(=O)C(=O)N(CCN(C)C)C2c2cn(C)c3ccccc23)ccc1OCc1ccccc1. The van der Waals surface area contributed by atoms with Crippen molar-refractivity contribution in [3.63, 3.8) is 0 Å². The number of likely N-dealkylation sites (N-methyl/N-ethyl adjacent to an activating group) is 1. The van der Waals surface area contributed by atoms with Gasteiger partial charge in [-0.2, -0.15) is 0 Å². The van der Waals surface area contributed by atoms with Crippen LogP contribution in [0.25, 0.3) is 16.7 Å². The number of nitrogens with zero attached hydrogens (tertiary/aromatic N) is 3. The van der Waals surface area contributed by atoms with Crippen LogP contribution >= 0.6 is 0 Å². The number of fused-ring (bicyclic) bond motifs is 1. The predicted octanol–water partition coefficient (Wildman–Crippen LogP) is 5.05. The summed E-state index contributed by atoms with van der Waals surface area (Å²) in [4.78, 5) is 30.3. The Labute approximate surface area is 228 Å². The number of Topliss-reactive ketones (excluding diaryl/α,β-unsaturated/α-hetero) is 1. The number of hydrogen-bond donors (Lipinski definition) is 1. The molecule has 1 aliphatic heterocycles. The van der Waals surface area contributed by atoms with Crippen LogP contribution in [0.4, 0.5) is 0 Å². The number of likely N-dealkylation sites (tertiary alicyclic amines) is 1. The summed E-state index contributed by atoms with van der Waals surface area (Å²) < 4.78 is 7.99. The van der Waals surface area contributed by atoms with Crippen molar-refractivity contribution in [3.8, 4) is 5.75 Å². The van der Waals surface area contributed by atoms with Crippen molar-refractivity contribution < 1.29 is 19.4 Å². The van der Waals surface area contributed by atoms with Gasteiger partial charge in [0.05, 0.1) is 11.6 Å². The Morgan fingerprint density at radius 2 is 1.72 bits per heavy atom. The highest BCUT2D eigenvalue weighted by Gasteiger charge is 2.46. The molecule has 0 aliphatic carbocycles. The summed E-state index contributed by atoms with van der Waals surface area (Å²) >= 11 is 0. The Balaban J connectivity index is 1.56. The van der Waals surface area contributed by atoms with Gasteiger partial charge in [0, 0.05) is 48.4 Å². The summed E-state index contributed by atoms with van der Waals surface area (Å²) in [5.41, 5.74) is 4.24. The fourth-order valence-electron chi connectivity index (χ4n) is 5.18. The molecule has 1 saturated heterocycles. The molecule has 1 atom stereocenters. The van der Waals surface area contributed by atoms with E-state index in [1.807, 2.05) is 98.3 Å². The molecule has 200 valence electrons. The fourth-order valence-corrected chi connectivity index (χ4v) is 5.18. The number of aliphatic hydroxyl groups is 1. The van der Waals surface area contributed by atoms with Crippen molar-refractivity contribution in [2.75, 3.05) is 27.2 Å². The number of ether oxygens (including phenoxy) is 1. The van der Waals surface area contributed by atoms with E-state index < -0.39 is 17.7 Å². The van der Waals surface area contributed by atoms with Crippen LogP contribution in [0.15, 0.2) is 84.6 Å². The molecule has 7 nitrogen and oxygen atoms in total. The number of rotatable bonds is 8. The molecule has 0 radical (unpaired) electrons. The Bertz CT molecular complexity index is 1570. The first-order valence-electron chi connectivity index (χ1n) is 13.0. The largest absolute Gasteiger partial charge is 0.507 e. The molecule has 0 bridgehead atoms. The zero-order valence-electron chi connectivity index (χ0n) is 22.7. The molecule has 1 N–H and O–H groups in total. The normalized spacial score (nSPS) is 16.9. The number of ketones is 1. The Kier molecular flexibility index (Phi) is 7.26. The summed E-state index contributed by atoms with van der Waals surface area (Å²) in [6.45, 7) is 3.26. The van der Waals surface area contributed by atoms with E-state index >= 15 is 0 Å². The third kappa shape index (κ3) is 5.05. The molecule has 2 heterocycles. The highest BCUT2D eigenvalue weighted by atomic mass is 16.5. The lowest BCUT2D eigenvalue weighted by Crippen LogP contribution is -2.35. The van der Waals surface area contributed by atoms with E-state index in [9.17, 15) is 14.7 Å². The molecule has 1 aliphatic rings. The Hall–Kier alpha value is -4.36. The standard InChI is InChI=1S/C32H33N3O4/c1-21-18-23(14-15-27(21)39-20-22-10-6-5-7-11-22)30(36)28-29(35(17-16-33(2)3)32(38)31(28)37)25-19-34(4)26-13-9-8-12-24(25)26/h5-15,18-19,29,36H,16-17,20H2,1-4H3/b30-28+. The topological polar surface area (TPSA) is 75.0 Å². The van der Waals surface area contributed by atoms with Gasteiger partial charge >= 0.3 is 0 Å². The minimum atomic E-state index is -0.703. The van der Waals surface area contributed by atoms with Crippen LogP contribution in [-0.4, -0.2) is 58.3 Å². The summed E-state index contributed by atoms with van der Waals surface area (Å²) in [6, 6.07) is 22.4. The number of aliphatic hydroxyl groups excluding tert-OH is 1. The van der Waals surface area contributed by atoms with Crippen LogP contribution < -0.4 is 4.74 Å². The van der Waals surface area contributed by atoms with Gasteiger partial charge in [0.1, 0.15) is 18.1 Å². The van der Waals surface area contributed by atoms with E-state index in [0.717, 1.165) is 27.6 Å². The molecule has 1 fully saturated rings. The zero-order chi connectivity index (χ0) is 27.7. The van der Waals surface area contributed by atoms with Gasteiger partial charge in [0.15, 0.2) is 0 Å². The van der Waals surface area contributed by atoms with Gasteiger partial charge in [-0.3, -0.25) is 9.59 Å². The van der Waals surface area contributed by atoms with E-state index in [4.69, 9.17) is 4.74 Å². The Morgan fingerprint density at radius 1 is 1.00 bits per heavy atom. The van der Waals surface area contributed by atoms with Gasteiger partial charge in [-0.15, -0.1) is 0 Å². The van der Waals surface area contributed by atoms with Gasteiger partial charge in [0.2, 0.25) is 0 Å². The smallest absolute Gasteiger partial charge is 0.295 e. The van der Waals surface area contributed by atoms with E-state index in [2.05, 4.69) is 0 Å². The number of carbonyl (C=O) groups is 2. The van der Waals surface area contributed by atoms with Crippen LogP contribution in [0.1, 0.15) is 28.3 Å². The predicted molar refractivity (Wildman–Crippen MR) is 152 cm³/mol. The molecule has 0 saturated carbocycles. The first-order valence-corrected chi connectivity index (χ1v) is 13.0. The number of carbonyl (C=O) groups excluding carboxylic acids is 2. The van der Waals surface area contributed by atoms with Crippen LogP contribution in [0, 0.1) is 6.92 Å². The van der Waals surface area contributed by atoms with Crippen molar-refractivity contribution in [2.45, 2.75) is 19.6 Å². The number of aromatic nitrogens is 1. The molecule has 0 spiro atoms. The maximum atomic E-state index is 13.5. The molecule has 7 heteroatoms. The van der Waals surface area contributed by atoms with Gasteiger partial charge in [-0.25, -0.2) is 0 Å². The number of amides is 1. The van der Waals surface area contributed by atoms with Crippen molar-refractivity contribution in [3.05, 3.63) is 107 Å². The zero-order valence-corrected chi connectivity index (χ0v) is 22.7. The summed E-state index contributed by atoms with van der Waals surface area (Å²) in [5.74, 6) is -0.772. The van der Waals surface area contributed by atoms with Crippen LogP contribution in [0.3, 0.4) is 0 Å². The first kappa shape index (κ1) is 26.3. The minimum Gasteiger partial charge on any atom is -0.507 e. The molecule has 1 amide bonds. The lowest BCUT2D eigenvalue weighted by molar-refractivity contribution is -0.140. The lowest BCUT2D eigenvalue weighted by atomic mass is 9.94. The molecule has 4 aromatic rings. The van der Waals surface area contributed by atoms with Crippen LogP contribution in [0.5, 0.6) is 5.75 Å². The molecule has 39 heavy (non-hydrogen) atoms. The average molecular weight is 524 g/mol. The molecule has 5 rings (SSSR count). The average Bonchev–Trinajstić information content (AvgIpc) is 3.39. The van der Waals surface area contributed by atoms with Crippen molar-refractivity contribution in [1.82, 2.24) is 14.4 Å². The lowest BCUT2D eigenvalue weighted by Gasteiger charge is -2.26. The second-order valence-electron chi connectivity index (χ2n) is 10.3. The molecule has 1 unspecified atom stereocenters. The highest BCUT2D eigenvalue weighted by molar-refractivity contribution is 6.46. The number of hydrogen-bond acceptors (Lipinski definition) is 5. The van der Waals surface area contributed by atoms with Crippen molar-refractivity contribution >= 4 is 28.4 Å². The van der Waals surface area contributed by atoms with Gasteiger partial charge in [-0.1, -0.05) is 48.5 Å². The maximum Gasteiger partial charge on any atom is 0.295 e. The third-order valence-corrected chi connectivity index (χ3v) is 7.24. The van der Waals surface area contributed by atoms with Crippen molar-refractivity contribution in [2.24, 2.45) is 7.05 Å². The van der Waals surface area contributed by atoms with E-state index in [1.54, 1.807) is 23.1 Å². The Morgan fingerprint density at radius 3 is 2.44 bits per heavy atom. The van der Waals surface area contributed by atoms with Crippen LogP contribution in [-0.2, 0) is 23.2 Å². The maximum absolute atomic E-state index is 13.5. The second kappa shape index (κ2) is 10.8. The molecule has 3 aromatic carbocycles. The molecule has 1 aromatic heterocycles. The van der Waals surface area contributed by atoms with E-state index in [1.165, 1.54) is 0 Å².